The van der Waals surface area contributed by atoms with Gasteiger partial charge in [0.05, 0.1) is 26.4 Å². The number of phosphoric ester groups is 2. The zero-order chi connectivity index (χ0) is 71.8. The first-order valence-electron chi connectivity index (χ1n) is 39.2. The molecule has 0 aromatic carbocycles. The summed E-state index contributed by atoms with van der Waals surface area (Å²) < 4.78 is 68.5. The predicted octanol–water partition coefficient (Wildman–Crippen LogP) is 22.4. The van der Waals surface area contributed by atoms with E-state index in [1.54, 1.807) is 0 Å². The van der Waals surface area contributed by atoms with Crippen LogP contribution in [0.4, 0.5) is 0 Å². The molecule has 0 heterocycles. The molecule has 570 valence electrons. The number of aliphatic hydroxyl groups excluding tert-OH is 1. The molecule has 19 heteroatoms. The van der Waals surface area contributed by atoms with Gasteiger partial charge in [-0.2, -0.15) is 0 Å². The van der Waals surface area contributed by atoms with Gasteiger partial charge in [0.1, 0.15) is 19.3 Å². The second-order valence-corrected chi connectivity index (χ2v) is 29.2. The van der Waals surface area contributed by atoms with E-state index >= 15 is 0 Å². The molecule has 98 heavy (non-hydrogen) atoms. The number of phosphoric acid groups is 2. The molecule has 0 aromatic heterocycles. The monoisotopic (exact) mass is 1420 g/mol. The molecule has 0 rings (SSSR count). The molecular weight excluding hydrogens is 1280 g/mol. The number of hydrogen-bond acceptors (Lipinski definition) is 15. The fourth-order valence-electron chi connectivity index (χ4n) is 10.6. The van der Waals surface area contributed by atoms with Gasteiger partial charge in [-0.25, -0.2) is 9.13 Å². The van der Waals surface area contributed by atoms with Crippen molar-refractivity contribution in [1.29, 1.82) is 0 Å². The summed E-state index contributed by atoms with van der Waals surface area (Å²) >= 11 is 0. The number of carbonyl (C=O) groups is 4. The van der Waals surface area contributed by atoms with Crippen LogP contribution >= 0.6 is 15.6 Å². The Bertz CT molecular complexity index is 2140. The van der Waals surface area contributed by atoms with Crippen LogP contribution in [0, 0.1) is 0 Å². The van der Waals surface area contributed by atoms with Crippen LogP contribution in [0.15, 0.2) is 72.9 Å². The number of allylic oxidation sites excluding steroid dienone is 12. The molecule has 0 aromatic rings. The molecule has 0 amide bonds. The molecule has 0 saturated carbocycles. The van der Waals surface area contributed by atoms with Gasteiger partial charge in [0.25, 0.3) is 0 Å². The number of carbonyl (C=O) groups excluding carboxylic acids is 4. The Balaban J connectivity index is 5.37. The van der Waals surface area contributed by atoms with Gasteiger partial charge >= 0.3 is 39.5 Å². The van der Waals surface area contributed by atoms with Crippen molar-refractivity contribution < 1.29 is 80.2 Å². The molecule has 3 N–H and O–H groups in total. The topological polar surface area (TPSA) is 237 Å². The lowest BCUT2D eigenvalue weighted by molar-refractivity contribution is -0.161. The van der Waals surface area contributed by atoms with Gasteiger partial charge in [-0.1, -0.05) is 280 Å². The highest BCUT2D eigenvalue weighted by atomic mass is 31.2. The van der Waals surface area contributed by atoms with E-state index in [9.17, 15) is 43.2 Å². The van der Waals surface area contributed by atoms with Crippen LogP contribution in [0.1, 0.15) is 349 Å². The van der Waals surface area contributed by atoms with Gasteiger partial charge in [-0.15, -0.1) is 0 Å². The summed E-state index contributed by atoms with van der Waals surface area (Å²) in [5, 5.41) is 10.6. The Labute approximate surface area is 596 Å². The number of unbranched alkanes of at least 4 members (excludes halogenated alkanes) is 37. The van der Waals surface area contributed by atoms with E-state index in [2.05, 4.69) is 101 Å². The van der Waals surface area contributed by atoms with Gasteiger partial charge in [-0.05, 0) is 116 Å². The summed E-state index contributed by atoms with van der Waals surface area (Å²) in [6.07, 6.45) is 71.6. The molecule has 0 saturated heterocycles. The van der Waals surface area contributed by atoms with E-state index in [1.165, 1.54) is 122 Å². The average Bonchev–Trinajstić information content (AvgIpc) is 1.04. The fraction of sp³-hybridized carbons (Fsp3) is 0.797. The highest BCUT2D eigenvalue weighted by molar-refractivity contribution is 7.47. The highest BCUT2D eigenvalue weighted by Crippen LogP contribution is 2.45. The smallest absolute Gasteiger partial charge is 0.462 e. The van der Waals surface area contributed by atoms with Gasteiger partial charge < -0.3 is 33.8 Å². The Kier molecular flexibility index (Phi) is 69.3. The molecule has 0 radical (unpaired) electrons. The van der Waals surface area contributed by atoms with Crippen molar-refractivity contribution >= 4 is 39.5 Å². The Morgan fingerprint density at radius 1 is 0.296 bits per heavy atom. The standard InChI is InChI=1S/C79H142O17P2/c1-5-9-13-17-21-25-29-33-36-40-44-48-52-56-60-64-77(82)90-70-75(96-79(84)66-62-58-54-50-46-42-38-35-31-27-23-19-15-11-7-3)72-94-98(87,88)92-68-73(80)67-91-97(85,86)93-71-74(69-89-76(81)63-59-55-51-47-43-39-32-28-24-20-16-12-8-4)95-78(83)65-61-57-53-49-45-41-37-34-30-26-22-18-14-10-6-2/h21-22,25-27,31,33-38,73-75,80H,5-20,23-24,28-30,32,39-72H2,1-4H3,(H,85,86)(H,87,88)/b25-21-,26-22-,31-27-,36-33-,37-34-,38-35-/t73-,74+,75+/m0/s1. The van der Waals surface area contributed by atoms with Crippen LogP contribution in [0.25, 0.3) is 0 Å². The molecule has 0 fully saturated rings. The van der Waals surface area contributed by atoms with Crippen LogP contribution in [0.2, 0.25) is 0 Å². The van der Waals surface area contributed by atoms with Crippen molar-refractivity contribution in [3.63, 3.8) is 0 Å². The van der Waals surface area contributed by atoms with Crippen molar-refractivity contribution in [3.8, 4) is 0 Å². The minimum Gasteiger partial charge on any atom is -0.462 e. The third-order valence-electron chi connectivity index (χ3n) is 16.7. The Morgan fingerprint density at radius 3 is 0.847 bits per heavy atom. The third kappa shape index (κ3) is 70.9. The first-order chi connectivity index (χ1) is 47.7. The largest absolute Gasteiger partial charge is 0.472 e. The summed E-state index contributed by atoms with van der Waals surface area (Å²) in [5.41, 5.74) is 0. The first-order valence-corrected chi connectivity index (χ1v) is 42.2. The van der Waals surface area contributed by atoms with Crippen molar-refractivity contribution in [2.45, 2.75) is 367 Å². The molecular formula is C79H142O17P2. The highest BCUT2D eigenvalue weighted by Gasteiger charge is 2.30. The van der Waals surface area contributed by atoms with Gasteiger partial charge in [0, 0.05) is 25.7 Å². The van der Waals surface area contributed by atoms with E-state index in [0.717, 1.165) is 148 Å². The Hall–Kier alpha value is -3.50. The average molecular weight is 1430 g/mol. The van der Waals surface area contributed by atoms with Crippen molar-refractivity contribution in [3.05, 3.63) is 72.9 Å². The maximum atomic E-state index is 13.1. The zero-order valence-electron chi connectivity index (χ0n) is 62.2. The van der Waals surface area contributed by atoms with E-state index in [4.69, 9.17) is 37.0 Å². The van der Waals surface area contributed by atoms with E-state index < -0.39 is 97.5 Å². The molecule has 0 spiro atoms. The molecule has 0 aliphatic carbocycles. The predicted molar refractivity (Wildman–Crippen MR) is 400 cm³/mol. The summed E-state index contributed by atoms with van der Waals surface area (Å²) in [5.74, 6) is -2.20. The summed E-state index contributed by atoms with van der Waals surface area (Å²) in [4.78, 5) is 72.9. The molecule has 2 unspecified atom stereocenters. The van der Waals surface area contributed by atoms with Crippen LogP contribution in [0.3, 0.4) is 0 Å². The summed E-state index contributed by atoms with van der Waals surface area (Å²) in [6.45, 7) is 4.80. The molecule has 5 atom stereocenters. The third-order valence-corrected chi connectivity index (χ3v) is 18.6. The van der Waals surface area contributed by atoms with Crippen molar-refractivity contribution in [2.24, 2.45) is 0 Å². The van der Waals surface area contributed by atoms with Gasteiger partial charge in [-0.3, -0.25) is 37.3 Å². The van der Waals surface area contributed by atoms with E-state index in [-0.39, 0.29) is 25.7 Å². The van der Waals surface area contributed by atoms with E-state index in [0.29, 0.717) is 25.7 Å². The lowest BCUT2D eigenvalue weighted by atomic mass is 10.0. The van der Waals surface area contributed by atoms with Gasteiger partial charge in [0.2, 0.25) is 0 Å². The lowest BCUT2D eigenvalue weighted by Gasteiger charge is -2.21. The zero-order valence-corrected chi connectivity index (χ0v) is 64.0. The van der Waals surface area contributed by atoms with Crippen LogP contribution in [0.5, 0.6) is 0 Å². The fourth-order valence-corrected chi connectivity index (χ4v) is 12.2. The minimum atomic E-state index is -4.98. The maximum absolute atomic E-state index is 13.1. The molecule has 0 aliphatic rings. The molecule has 0 bridgehead atoms. The number of hydrogen-bond donors (Lipinski definition) is 3. The minimum absolute atomic E-state index is 0.0765. The van der Waals surface area contributed by atoms with Crippen molar-refractivity contribution in [1.82, 2.24) is 0 Å². The number of esters is 4. The normalized spacial score (nSPS) is 14.3. The summed E-state index contributed by atoms with van der Waals surface area (Å²) in [6, 6.07) is 0. The lowest BCUT2D eigenvalue weighted by Crippen LogP contribution is -2.30. The second kappa shape index (κ2) is 71.9. The van der Waals surface area contributed by atoms with Crippen LogP contribution < -0.4 is 0 Å². The second-order valence-electron chi connectivity index (χ2n) is 26.3. The Morgan fingerprint density at radius 2 is 0.531 bits per heavy atom. The molecule has 0 aliphatic heterocycles. The van der Waals surface area contributed by atoms with Crippen molar-refractivity contribution in [2.75, 3.05) is 39.6 Å². The maximum Gasteiger partial charge on any atom is 0.472 e. The number of aliphatic hydroxyl groups is 1. The number of ether oxygens (including phenoxy) is 4. The van der Waals surface area contributed by atoms with Crippen LogP contribution in [-0.2, 0) is 65.4 Å². The molecule has 17 nitrogen and oxygen atoms in total. The first kappa shape index (κ1) is 94.5. The number of rotatable bonds is 74. The van der Waals surface area contributed by atoms with Crippen LogP contribution in [-0.4, -0.2) is 96.7 Å². The van der Waals surface area contributed by atoms with Gasteiger partial charge in [0.15, 0.2) is 12.2 Å². The van der Waals surface area contributed by atoms with E-state index in [1.807, 2.05) is 0 Å². The SMILES string of the molecule is CCCCC/C=C\C/C=C\CCCCCCCC(=O)OC[C@H](COP(=O)(O)OC[C@@H](O)COP(=O)(O)OC[C@@H](COC(=O)CCCCCCCCCCCCCCC)OC(=O)CCCCCCC/C=C\C/C=C\CCCCC)OC(=O)CCCCCCC/C=C\C=C/CCCCCC. The quantitative estimate of drug-likeness (QED) is 0.0128. The summed E-state index contributed by atoms with van der Waals surface area (Å²) in [7, 11) is -9.95.